The lowest BCUT2D eigenvalue weighted by molar-refractivity contribution is 0.680. The van der Waals surface area contributed by atoms with E-state index in [4.69, 9.17) is 5.73 Å². The van der Waals surface area contributed by atoms with Crippen molar-refractivity contribution >= 4 is 0 Å². The second-order valence-corrected chi connectivity index (χ2v) is 2.52. The van der Waals surface area contributed by atoms with Crippen LogP contribution in [-0.2, 0) is 13.5 Å². The Labute approximate surface area is 60.1 Å². The van der Waals surface area contributed by atoms with Gasteiger partial charge in [-0.3, -0.25) is 4.68 Å². The Bertz CT molecular complexity index is 203. The monoisotopic (exact) mass is 140 g/mol. The van der Waals surface area contributed by atoms with Crippen LogP contribution in [0.5, 0.6) is 0 Å². The maximum Gasteiger partial charge on any atom is 0.152 e. The molecule has 0 spiro atoms. The molecule has 0 radical (unpaired) electrons. The summed E-state index contributed by atoms with van der Waals surface area (Å²) in [6.45, 7) is 1.94. The van der Waals surface area contributed by atoms with Gasteiger partial charge in [0.05, 0.1) is 0 Å². The van der Waals surface area contributed by atoms with E-state index in [-0.39, 0.29) is 6.04 Å². The van der Waals surface area contributed by atoms with Crippen molar-refractivity contribution in [2.75, 3.05) is 0 Å². The van der Waals surface area contributed by atoms with Crippen molar-refractivity contribution in [3.05, 3.63) is 12.2 Å². The van der Waals surface area contributed by atoms with Crippen molar-refractivity contribution < 1.29 is 0 Å². The third-order valence-electron chi connectivity index (χ3n) is 1.15. The highest BCUT2D eigenvalue weighted by Gasteiger charge is 2.00. The summed E-state index contributed by atoms with van der Waals surface area (Å²) >= 11 is 0. The van der Waals surface area contributed by atoms with E-state index < -0.39 is 0 Å². The molecule has 0 aliphatic rings. The highest BCUT2D eigenvalue weighted by atomic mass is 15.3. The molecule has 0 saturated carbocycles. The van der Waals surface area contributed by atoms with Crippen LogP contribution < -0.4 is 5.73 Å². The van der Waals surface area contributed by atoms with Gasteiger partial charge >= 0.3 is 0 Å². The van der Waals surface area contributed by atoms with E-state index in [9.17, 15) is 0 Å². The summed E-state index contributed by atoms with van der Waals surface area (Å²) in [4.78, 5) is 4.03. The fraction of sp³-hybridized carbons (Fsp3) is 0.667. The maximum absolute atomic E-state index is 5.54. The van der Waals surface area contributed by atoms with Gasteiger partial charge in [0.2, 0.25) is 0 Å². The van der Waals surface area contributed by atoms with Crippen LogP contribution in [-0.4, -0.2) is 20.8 Å². The molecule has 4 nitrogen and oxygen atoms in total. The molecule has 0 aromatic carbocycles. The molecule has 1 rings (SSSR count). The largest absolute Gasteiger partial charge is 0.328 e. The molecular formula is C6H12N4. The number of hydrogen-bond acceptors (Lipinski definition) is 3. The van der Waals surface area contributed by atoms with E-state index in [0.29, 0.717) is 0 Å². The Morgan fingerprint density at radius 2 is 2.50 bits per heavy atom. The summed E-state index contributed by atoms with van der Waals surface area (Å²) < 4.78 is 1.68. The first-order valence-electron chi connectivity index (χ1n) is 3.28. The lowest BCUT2D eigenvalue weighted by Gasteiger charge is -1.97. The highest BCUT2D eigenvalue weighted by Crippen LogP contribution is 1.91. The van der Waals surface area contributed by atoms with Gasteiger partial charge in [0.1, 0.15) is 6.33 Å². The van der Waals surface area contributed by atoms with Crippen molar-refractivity contribution in [2.45, 2.75) is 19.4 Å². The molecule has 56 valence electrons. The predicted molar refractivity (Wildman–Crippen MR) is 38.4 cm³/mol. The molecule has 0 amide bonds. The average molecular weight is 140 g/mol. The van der Waals surface area contributed by atoms with Gasteiger partial charge in [0.25, 0.3) is 0 Å². The van der Waals surface area contributed by atoms with Gasteiger partial charge in [0, 0.05) is 19.5 Å². The normalized spacial score (nSPS) is 13.5. The summed E-state index contributed by atoms with van der Waals surface area (Å²) in [6, 6.07) is 0.141. The third kappa shape index (κ3) is 1.80. The molecule has 10 heavy (non-hydrogen) atoms. The van der Waals surface area contributed by atoms with Crippen LogP contribution in [0, 0.1) is 0 Å². The van der Waals surface area contributed by atoms with E-state index in [1.165, 1.54) is 0 Å². The summed E-state index contributed by atoms with van der Waals surface area (Å²) in [5.41, 5.74) is 5.54. The van der Waals surface area contributed by atoms with Crippen LogP contribution in [0.3, 0.4) is 0 Å². The fourth-order valence-electron chi connectivity index (χ4n) is 0.765. The topological polar surface area (TPSA) is 56.7 Å². The molecule has 1 aromatic heterocycles. The van der Waals surface area contributed by atoms with Gasteiger partial charge in [0.15, 0.2) is 5.82 Å². The van der Waals surface area contributed by atoms with Crippen LogP contribution in [0.2, 0.25) is 0 Å². The maximum atomic E-state index is 5.54. The van der Waals surface area contributed by atoms with Crippen molar-refractivity contribution in [1.82, 2.24) is 14.8 Å². The molecule has 1 heterocycles. The first kappa shape index (κ1) is 7.21. The van der Waals surface area contributed by atoms with E-state index in [0.717, 1.165) is 12.2 Å². The van der Waals surface area contributed by atoms with E-state index in [2.05, 4.69) is 10.1 Å². The molecule has 0 aliphatic heterocycles. The van der Waals surface area contributed by atoms with E-state index >= 15 is 0 Å². The molecule has 0 bridgehead atoms. The molecule has 4 heteroatoms. The molecule has 2 N–H and O–H groups in total. The van der Waals surface area contributed by atoms with Crippen molar-refractivity contribution in [2.24, 2.45) is 12.8 Å². The van der Waals surface area contributed by atoms with Gasteiger partial charge in [-0.05, 0) is 6.92 Å². The van der Waals surface area contributed by atoms with E-state index in [1.54, 1.807) is 11.0 Å². The van der Waals surface area contributed by atoms with Gasteiger partial charge in [-0.1, -0.05) is 0 Å². The van der Waals surface area contributed by atoms with Crippen molar-refractivity contribution in [1.29, 1.82) is 0 Å². The molecule has 1 atom stereocenters. The number of hydrogen-bond donors (Lipinski definition) is 1. The molecule has 0 fully saturated rings. The predicted octanol–water partition coefficient (Wildman–Crippen LogP) is -0.295. The number of aromatic nitrogens is 3. The summed E-state index contributed by atoms with van der Waals surface area (Å²) in [6.07, 6.45) is 2.43. The molecule has 1 aromatic rings. The Balaban J connectivity index is 2.58. The third-order valence-corrected chi connectivity index (χ3v) is 1.15. The number of aryl methyl sites for hydroxylation is 1. The van der Waals surface area contributed by atoms with Crippen LogP contribution in [0.15, 0.2) is 6.33 Å². The smallest absolute Gasteiger partial charge is 0.152 e. The van der Waals surface area contributed by atoms with Crippen LogP contribution >= 0.6 is 0 Å². The van der Waals surface area contributed by atoms with Crippen LogP contribution in [0.4, 0.5) is 0 Å². The molecular weight excluding hydrogens is 128 g/mol. The minimum atomic E-state index is 0.141. The van der Waals surface area contributed by atoms with Gasteiger partial charge in [-0.2, -0.15) is 5.10 Å². The minimum Gasteiger partial charge on any atom is -0.328 e. The quantitative estimate of drug-likeness (QED) is 0.614. The standard InChI is InChI=1S/C6H12N4/c1-5(7)3-6-8-4-10(2)9-6/h4-5H,3,7H2,1-2H3. The van der Waals surface area contributed by atoms with Crippen molar-refractivity contribution in [3.63, 3.8) is 0 Å². The Morgan fingerprint density at radius 3 is 2.90 bits per heavy atom. The summed E-state index contributed by atoms with van der Waals surface area (Å²) in [7, 11) is 1.84. The highest BCUT2D eigenvalue weighted by molar-refractivity contribution is 4.84. The van der Waals surface area contributed by atoms with Gasteiger partial charge in [-0.15, -0.1) is 0 Å². The molecule has 0 saturated heterocycles. The van der Waals surface area contributed by atoms with Gasteiger partial charge in [-0.25, -0.2) is 4.98 Å². The Hall–Kier alpha value is -0.900. The second-order valence-electron chi connectivity index (χ2n) is 2.52. The first-order valence-corrected chi connectivity index (χ1v) is 3.28. The second kappa shape index (κ2) is 2.79. The lowest BCUT2D eigenvalue weighted by atomic mass is 10.2. The number of nitrogens with zero attached hydrogens (tertiary/aromatic N) is 3. The SMILES string of the molecule is CC(N)Cc1ncn(C)n1. The van der Waals surface area contributed by atoms with Gasteiger partial charge < -0.3 is 5.73 Å². The summed E-state index contributed by atoms with van der Waals surface area (Å²) in [5, 5.41) is 4.08. The van der Waals surface area contributed by atoms with Crippen LogP contribution in [0.25, 0.3) is 0 Å². The zero-order valence-electron chi connectivity index (χ0n) is 6.28. The zero-order valence-corrected chi connectivity index (χ0v) is 6.28. The molecule has 1 unspecified atom stereocenters. The number of nitrogens with two attached hydrogens (primary N) is 1. The first-order chi connectivity index (χ1) is 4.68. The Morgan fingerprint density at radius 1 is 1.80 bits per heavy atom. The van der Waals surface area contributed by atoms with Crippen LogP contribution in [0.1, 0.15) is 12.7 Å². The zero-order chi connectivity index (χ0) is 7.56. The average Bonchev–Trinajstić information content (AvgIpc) is 2.13. The molecule has 0 aliphatic carbocycles. The van der Waals surface area contributed by atoms with Crippen molar-refractivity contribution in [3.8, 4) is 0 Å². The number of rotatable bonds is 2. The Kier molecular flexibility index (Phi) is 2.01. The fourth-order valence-corrected chi connectivity index (χ4v) is 0.765. The van der Waals surface area contributed by atoms with E-state index in [1.807, 2.05) is 14.0 Å². The summed E-state index contributed by atoms with van der Waals surface area (Å²) in [5.74, 6) is 0.817. The minimum absolute atomic E-state index is 0.141. The lowest BCUT2D eigenvalue weighted by Crippen LogP contribution is -2.18.